The number of hydrogen-bond donors (Lipinski definition) is 1. The lowest BCUT2D eigenvalue weighted by Gasteiger charge is -2.20. The summed E-state index contributed by atoms with van der Waals surface area (Å²) >= 11 is 5.20. The summed E-state index contributed by atoms with van der Waals surface area (Å²) in [5.41, 5.74) is 1.05. The molecule has 0 heterocycles. The average molecular weight is 426 g/mol. The van der Waals surface area contributed by atoms with Crippen LogP contribution in [0.1, 0.15) is 24.8 Å². The van der Waals surface area contributed by atoms with Crippen LogP contribution in [-0.2, 0) is 10.0 Å². The van der Waals surface area contributed by atoms with Crippen molar-refractivity contribution >= 4 is 37.7 Å². The summed E-state index contributed by atoms with van der Waals surface area (Å²) < 4.78 is 29.2. The molecule has 3 nitrogen and oxygen atoms in total. The molecule has 2 atom stereocenters. The molecule has 0 radical (unpaired) electrons. The van der Waals surface area contributed by atoms with Gasteiger partial charge >= 0.3 is 0 Å². The third-order valence-electron chi connectivity index (χ3n) is 4.19. The van der Waals surface area contributed by atoms with Gasteiger partial charge in [0.05, 0.1) is 4.90 Å². The maximum atomic E-state index is 12.6. The smallest absolute Gasteiger partial charge is 0.207 e. The highest BCUT2D eigenvalue weighted by Gasteiger charge is 2.32. The van der Waals surface area contributed by atoms with Crippen LogP contribution in [0.2, 0.25) is 0 Å². The maximum absolute atomic E-state index is 12.6. The van der Waals surface area contributed by atoms with Crippen molar-refractivity contribution in [3.05, 3.63) is 58.6 Å². The number of hydrogen-bond acceptors (Lipinski definition) is 3. The van der Waals surface area contributed by atoms with Crippen molar-refractivity contribution < 1.29 is 8.42 Å². The van der Waals surface area contributed by atoms with Gasteiger partial charge < -0.3 is 0 Å². The predicted octanol–water partition coefficient (Wildman–Crippen LogP) is 4.75. The Labute approximate surface area is 156 Å². The molecule has 2 aromatic rings. The standard InChI is InChI=1S/C18H20BrNO2S2/c1-13-5-11-16(12-6-13)24(21,22)20-17-3-2-4-18(17)23-15-9-7-14(19)8-10-15/h5-12,17-18,20H,2-4H2,1H3/t17-,18-/m1/s1. The molecule has 128 valence electrons. The fraction of sp³-hybridized carbons (Fsp3) is 0.333. The molecule has 6 heteroatoms. The zero-order valence-electron chi connectivity index (χ0n) is 13.4. The number of sulfonamides is 1. The Hall–Kier alpha value is -0.820. The molecule has 1 aliphatic carbocycles. The number of nitrogens with one attached hydrogen (secondary N) is 1. The zero-order valence-corrected chi connectivity index (χ0v) is 16.6. The summed E-state index contributed by atoms with van der Waals surface area (Å²) in [5.74, 6) is 0. The Balaban J connectivity index is 1.71. The second-order valence-electron chi connectivity index (χ2n) is 6.08. The fourth-order valence-electron chi connectivity index (χ4n) is 2.87. The monoisotopic (exact) mass is 425 g/mol. The van der Waals surface area contributed by atoms with E-state index in [1.54, 1.807) is 23.9 Å². The maximum Gasteiger partial charge on any atom is 0.240 e. The van der Waals surface area contributed by atoms with Crippen molar-refractivity contribution in [3.63, 3.8) is 0 Å². The second kappa shape index (κ2) is 7.60. The van der Waals surface area contributed by atoms with E-state index in [-0.39, 0.29) is 11.3 Å². The van der Waals surface area contributed by atoms with Gasteiger partial charge in [0.2, 0.25) is 10.0 Å². The van der Waals surface area contributed by atoms with Crippen LogP contribution in [0, 0.1) is 6.92 Å². The largest absolute Gasteiger partial charge is 0.240 e. The van der Waals surface area contributed by atoms with Crippen LogP contribution >= 0.6 is 27.7 Å². The summed E-state index contributed by atoms with van der Waals surface area (Å²) in [6.07, 6.45) is 2.97. The molecule has 0 aromatic heterocycles. The van der Waals surface area contributed by atoms with Gasteiger partial charge in [-0.05, 0) is 56.2 Å². The van der Waals surface area contributed by atoms with E-state index in [0.717, 1.165) is 29.3 Å². The minimum atomic E-state index is -3.46. The SMILES string of the molecule is Cc1ccc(S(=O)(=O)N[C@@H]2CCC[C@H]2Sc2ccc(Br)cc2)cc1. The molecule has 0 aliphatic heterocycles. The van der Waals surface area contributed by atoms with Gasteiger partial charge in [-0.15, -0.1) is 11.8 Å². The average Bonchev–Trinajstić information content (AvgIpc) is 2.96. The highest BCUT2D eigenvalue weighted by Crippen LogP contribution is 2.36. The number of rotatable bonds is 5. The summed E-state index contributed by atoms with van der Waals surface area (Å²) in [4.78, 5) is 1.51. The molecule has 0 unspecified atom stereocenters. The van der Waals surface area contributed by atoms with Crippen molar-refractivity contribution in [1.82, 2.24) is 4.72 Å². The van der Waals surface area contributed by atoms with Gasteiger partial charge in [0.25, 0.3) is 0 Å². The van der Waals surface area contributed by atoms with Gasteiger partial charge in [0, 0.05) is 20.7 Å². The van der Waals surface area contributed by atoms with Gasteiger partial charge in [-0.25, -0.2) is 13.1 Å². The number of halogens is 1. The van der Waals surface area contributed by atoms with E-state index < -0.39 is 10.0 Å². The molecule has 1 saturated carbocycles. The lowest BCUT2D eigenvalue weighted by molar-refractivity contribution is 0.555. The topological polar surface area (TPSA) is 46.2 Å². The van der Waals surface area contributed by atoms with Gasteiger partial charge in [-0.1, -0.05) is 40.0 Å². The quantitative estimate of drug-likeness (QED) is 0.751. The van der Waals surface area contributed by atoms with Crippen LogP contribution in [0.5, 0.6) is 0 Å². The van der Waals surface area contributed by atoms with Crippen molar-refractivity contribution in [1.29, 1.82) is 0 Å². The number of thioether (sulfide) groups is 1. The molecule has 1 aliphatic rings. The summed E-state index contributed by atoms with van der Waals surface area (Å²) in [5, 5.41) is 0.270. The molecule has 2 aromatic carbocycles. The molecular weight excluding hydrogens is 406 g/mol. The molecule has 0 saturated heterocycles. The van der Waals surface area contributed by atoms with Crippen molar-refractivity contribution in [2.24, 2.45) is 0 Å². The van der Waals surface area contributed by atoms with E-state index >= 15 is 0 Å². The van der Waals surface area contributed by atoms with Crippen LogP contribution in [0.4, 0.5) is 0 Å². The number of benzene rings is 2. The van der Waals surface area contributed by atoms with E-state index in [2.05, 4.69) is 32.8 Å². The Morgan fingerprint density at radius 1 is 1.04 bits per heavy atom. The second-order valence-corrected chi connectivity index (χ2v) is 10.0. The molecule has 0 bridgehead atoms. The Morgan fingerprint density at radius 2 is 1.71 bits per heavy atom. The van der Waals surface area contributed by atoms with Crippen molar-refractivity contribution in [3.8, 4) is 0 Å². The highest BCUT2D eigenvalue weighted by atomic mass is 79.9. The van der Waals surface area contributed by atoms with Crippen molar-refractivity contribution in [2.75, 3.05) is 0 Å². The normalized spacial score (nSPS) is 21.1. The Kier molecular flexibility index (Phi) is 5.70. The molecule has 3 rings (SSSR count). The summed E-state index contributed by atoms with van der Waals surface area (Å²) in [6.45, 7) is 1.95. The predicted molar refractivity (Wildman–Crippen MR) is 103 cm³/mol. The minimum absolute atomic E-state index is 0.0232. The van der Waals surface area contributed by atoms with Crippen LogP contribution in [0.15, 0.2) is 62.8 Å². The van der Waals surface area contributed by atoms with Crippen LogP contribution in [-0.4, -0.2) is 19.7 Å². The Morgan fingerprint density at radius 3 is 2.38 bits per heavy atom. The van der Waals surface area contributed by atoms with E-state index in [9.17, 15) is 8.42 Å². The first-order valence-corrected chi connectivity index (χ1v) is 11.1. The highest BCUT2D eigenvalue weighted by molar-refractivity contribution is 9.10. The first-order valence-electron chi connectivity index (χ1n) is 7.95. The van der Waals surface area contributed by atoms with E-state index in [0.29, 0.717) is 4.90 Å². The van der Waals surface area contributed by atoms with Crippen LogP contribution in [0.3, 0.4) is 0 Å². The van der Waals surface area contributed by atoms with Crippen LogP contribution in [0.25, 0.3) is 0 Å². The molecule has 0 amide bonds. The van der Waals surface area contributed by atoms with E-state index in [1.165, 1.54) is 4.90 Å². The lowest BCUT2D eigenvalue weighted by Crippen LogP contribution is -2.38. The van der Waals surface area contributed by atoms with Crippen LogP contribution < -0.4 is 4.72 Å². The zero-order chi connectivity index (χ0) is 17.2. The Bertz CT molecular complexity index is 789. The van der Waals surface area contributed by atoms with E-state index in [1.807, 2.05) is 31.2 Å². The first-order chi connectivity index (χ1) is 11.4. The molecular formula is C18H20BrNO2S2. The van der Waals surface area contributed by atoms with Gasteiger partial charge in [-0.3, -0.25) is 0 Å². The fourth-order valence-corrected chi connectivity index (χ4v) is 5.83. The third kappa shape index (κ3) is 4.42. The summed E-state index contributed by atoms with van der Waals surface area (Å²) in [6, 6.07) is 15.1. The first kappa shape index (κ1) is 18.0. The van der Waals surface area contributed by atoms with Gasteiger partial charge in [0.15, 0.2) is 0 Å². The van der Waals surface area contributed by atoms with Crippen molar-refractivity contribution in [2.45, 2.75) is 47.3 Å². The molecule has 24 heavy (non-hydrogen) atoms. The van der Waals surface area contributed by atoms with Gasteiger partial charge in [0.1, 0.15) is 0 Å². The summed E-state index contributed by atoms with van der Waals surface area (Å²) in [7, 11) is -3.46. The third-order valence-corrected chi connectivity index (χ3v) is 7.64. The van der Waals surface area contributed by atoms with Gasteiger partial charge in [-0.2, -0.15) is 0 Å². The lowest BCUT2D eigenvalue weighted by atomic mass is 10.2. The molecule has 0 spiro atoms. The van der Waals surface area contributed by atoms with E-state index in [4.69, 9.17) is 0 Å². The molecule has 1 N–H and O–H groups in total. The minimum Gasteiger partial charge on any atom is -0.207 e. The number of aryl methyl sites for hydroxylation is 1. The molecule has 1 fully saturated rings.